The normalized spacial score (nSPS) is 6.56. The van der Waals surface area contributed by atoms with E-state index in [9.17, 15) is 0 Å². The molecule has 0 amide bonds. The molecule has 0 bridgehead atoms. The van der Waals surface area contributed by atoms with Crippen molar-refractivity contribution in [1.29, 1.82) is 0 Å². The summed E-state index contributed by atoms with van der Waals surface area (Å²) in [5.74, 6) is 0. The van der Waals surface area contributed by atoms with Gasteiger partial charge in [0.1, 0.15) is 0 Å². The van der Waals surface area contributed by atoms with Crippen molar-refractivity contribution in [2.24, 2.45) is 0 Å². The van der Waals surface area contributed by atoms with Gasteiger partial charge in [-0.2, -0.15) is 0 Å². The first-order valence-corrected chi connectivity index (χ1v) is 2.24. The molecular weight excluding hydrogens is 216 g/mol. The predicted molar refractivity (Wildman–Crippen MR) is 9.83 cm³/mol. The average molecular weight is 217 g/mol. The van der Waals surface area contributed by atoms with Gasteiger partial charge >= 0.3 is 110 Å². The van der Waals surface area contributed by atoms with Crippen LogP contribution in [0, 0.1) is 0 Å². The first-order valence-electron chi connectivity index (χ1n) is 0.748. The average Bonchev–Trinajstić information content (AvgIpc) is 0.722. The van der Waals surface area contributed by atoms with Crippen LogP contribution in [0.4, 0.5) is 0 Å². The van der Waals surface area contributed by atoms with Gasteiger partial charge < -0.3 is 31.7 Å². The molecule has 0 unspecified atom stereocenters. The summed E-state index contributed by atoms with van der Waals surface area (Å²) in [7, 11) is -5.14. The van der Waals surface area contributed by atoms with Crippen molar-refractivity contribution in [1.82, 2.24) is 0 Å². The van der Waals surface area contributed by atoms with Crippen LogP contribution in [0.25, 0.3) is 0 Å². The summed E-state index contributed by atoms with van der Waals surface area (Å²) in [6, 6.07) is 0. The van der Waals surface area contributed by atoms with Crippen molar-refractivity contribution in [3.8, 4) is 0 Å². The molecule has 0 aliphatic carbocycles. The summed E-state index contributed by atoms with van der Waals surface area (Å²) in [5.41, 5.74) is 0. The molecule has 1 N–H and O–H groups in total. The second kappa shape index (κ2) is 14.6. The van der Waals surface area contributed by atoms with Crippen LogP contribution in [0.3, 0.4) is 0 Å². The van der Waals surface area contributed by atoms with E-state index in [0.717, 1.165) is 0 Å². The van der Waals surface area contributed by atoms with Gasteiger partial charge in [-0.25, -0.2) is 0 Å². The van der Waals surface area contributed by atoms with Gasteiger partial charge in [0.2, 0.25) is 0 Å². The smallest absolute Gasteiger partial charge is 1.00 e. The molecular formula is HClKNa2O4P. The molecule has 0 heterocycles. The largest absolute Gasteiger partial charge is 1.00 e. The Morgan fingerprint density at radius 1 is 1.22 bits per heavy atom. The van der Waals surface area contributed by atoms with Gasteiger partial charge in [0.05, 0.1) is 7.82 Å². The SMILES string of the molecule is O=P([O-])([O-])O.[Cl-].[K+].[Na+].[Na+]. The van der Waals surface area contributed by atoms with E-state index in [0.29, 0.717) is 0 Å². The maximum Gasteiger partial charge on any atom is 1.00 e. The fourth-order valence-corrected chi connectivity index (χ4v) is 0. The summed E-state index contributed by atoms with van der Waals surface area (Å²) in [6.07, 6.45) is 0. The number of phosphoric acid groups is 1. The van der Waals surface area contributed by atoms with Crippen LogP contribution in [0.1, 0.15) is 0 Å². The first kappa shape index (κ1) is 29.2. The molecule has 0 aromatic rings. The van der Waals surface area contributed by atoms with Gasteiger partial charge in [-0.3, -0.25) is 0 Å². The van der Waals surface area contributed by atoms with Crippen molar-refractivity contribution in [3.05, 3.63) is 0 Å². The second-order valence-electron chi connectivity index (χ2n) is 0.469. The molecule has 0 aliphatic heterocycles. The Kier molecular flexibility index (Phi) is 47.3. The van der Waals surface area contributed by atoms with Crippen LogP contribution < -0.4 is 133 Å². The zero-order valence-corrected chi connectivity index (χ0v) is 14.3. The van der Waals surface area contributed by atoms with Gasteiger partial charge in [0.25, 0.3) is 0 Å². The van der Waals surface area contributed by atoms with E-state index >= 15 is 0 Å². The summed E-state index contributed by atoms with van der Waals surface area (Å²) < 4.78 is 8.66. The Bertz CT molecular complexity index is 64.7. The van der Waals surface area contributed by atoms with Gasteiger partial charge in [0.15, 0.2) is 0 Å². The van der Waals surface area contributed by atoms with Gasteiger partial charge in [-0.15, -0.1) is 0 Å². The Hall–Kier alpha value is 4.04. The second-order valence-corrected chi connectivity index (χ2v) is 1.41. The summed E-state index contributed by atoms with van der Waals surface area (Å²) in [4.78, 5) is 24.3. The minimum atomic E-state index is -5.14. The van der Waals surface area contributed by atoms with Crippen molar-refractivity contribution in [3.63, 3.8) is 0 Å². The molecule has 0 aromatic heterocycles. The molecule has 9 heteroatoms. The van der Waals surface area contributed by atoms with Crippen LogP contribution in [-0.2, 0) is 4.57 Å². The van der Waals surface area contributed by atoms with Crippen LogP contribution in [0.5, 0.6) is 0 Å². The third kappa shape index (κ3) is 74.4. The van der Waals surface area contributed by atoms with E-state index in [1.807, 2.05) is 0 Å². The molecule has 0 aliphatic rings. The van der Waals surface area contributed by atoms with Crippen molar-refractivity contribution >= 4 is 7.82 Å². The monoisotopic (exact) mass is 216 g/mol. The molecule has 0 radical (unpaired) electrons. The molecule has 0 saturated heterocycles. The Balaban J connectivity index is -0.0000000133. The Labute approximate surface area is 146 Å². The van der Waals surface area contributed by atoms with Crippen molar-refractivity contribution in [2.75, 3.05) is 0 Å². The maximum atomic E-state index is 8.66. The number of hydrogen-bond acceptors (Lipinski definition) is 3. The summed E-state index contributed by atoms with van der Waals surface area (Å²) in [6.45, 7) is 0. The third-order valence-corrected chi connectivity index (χ3v) is 0. The number of hydrogen-bond donors (Lipinski definition) is 1. The zero-order chi connectivity index (χ0) is 4.50. The predicted octanol–water partition coefficient (Wildman–Crippen LogP) is -14.2. The van der Waals surface area contributed by atoms with E-state index in [2.05, 4.69) is 0 Å². The Morgan fingerprint density at radius 2 is 1.22 bits per heavy atom. The van der Waals surface area contributed by atoms with Crippen LogP contribution in [-0.4, -0.2) is 4.89 Å². The minimum absolute atomic E-state index is 0. The molecule has 0 atom stereocenters. The van der Waals surface area contributed by atoms with Gasteiger partial charge in [-0.05, 0) is 0 Å². The third-order valence-electron chi connectivity index (χ3n) is 0. The fourth-order valence-electron chi connectivity index (χ4n) is 0. The standard InChI is InChI=1S/ClH.K.2Na.H3O4P/c;;;;1-5(2,3)4/h1H;;;;(H3,1,2,3,4)/q;3*+1;/p-3. The van der Waals surface area contributed by atoms with Crippen LogP contribution in [0.2, 0.25) is 0 Å². The van der Waals surface area contributed by atoms with E-state index in [1.165, 1.54) is 0 Å². The molecule has 40 valence electrons. The number of rotatable bonds is 0. The summed E-state index contributed by atoms with van der Waals surface area (Å²) >= 11 is 0. The molecule has 0 spiro atoms. The topological polar surface area (TPSA) is 83.4 Å². The maximum absolute atomic E-state index is 8.66. The van der Waals surface area contributed by atoms with E-state index < -0.39 is 7.82 Å². The Morgan fingerprint density at radius 3 is 1.22 bits per heavy atom. The quantitative estimate of drug-likeness (QED) is 0.322. The number of halogens is 1. The van der Waals surface area contributed by atoms with Crippen LogP contribution in [0.15, 0.2) is 0 Å². The molecule has 4 nitrogen and oxygen atoms in total. The van der Waals surface area contributed by atoms with E-state index in [4.69, 9.17) is 19.2 Å². The van der Waals surface area contributed by atoms with Gasteiger partial charge in [0, 0.05) is 0 Å². The van der Waals surface area contributed by atoms with Gasteiger partial charge in [-0.1, -0.05) is 0 Å². The molecule has 0 rings (SSSR count). The molecule has 0 saturated carbocycles. The zero-order valence-electron chi connectivity index (χ0n) is 5.50. The molecule has 0 aromatic carbocycles. The first-order chi connectivity index (χ1) is 2.00. The fraction of sp³-hybridized carbons (Fsp3) is 0. The van der Waals surface area contributed by atoms with E-state index in [-0.39, 0.29) is 123 Å². The molecule has 9 heavy (non-hydrogen) atoms. The van der Waals surface area contributed by atoms with Crippen molar-refractivity contribution in [2.45, 2.75) is 0 Å². The minimum Gasteiger partial charge on any atom is -1.00 e. The van der Waals surface area contributed by atoms with E-state index in [1.54, 1.807) is 0 Å². The summed E-state index contributed by atoms with van der Waals surface area (Å²) in [5, 5.41) is 0. The van der Waals surface area contributed by atoms with Crippen LogP contribution >= 0.6 is 7.82 Å². The molecule has 0 fully saturated rings. The van der Waals surface area contributed by atoms with Crippen molar-refractivity contribution < 1.29 is 142 Å².